The molecule has 0 unspecified atom stereocenters. The molecule has 7 nitrogen and oxygen atoms in total. The van der Waals surface area contributed by atoms with Crippen LogP contribution in [0.25, 0.3) is 10.9 Å². The zero-order valence-electron chi connectivity index (χ0n) is 21.6. The maximum absolute atomic E-state index is 13.6. The molecular formula is C29H37N3O4. The van der Waals surface area contributed by atoms with Crippen molar-refractivity contribution in [1.82, 2.24) is 14.8 Å². The van der Waals surface area contributed by atoms with Gasteiger partial charge in [-0.25, -0.2) is 0 Å². The van der Waals surface area contributed by atoms with E-state index in [1.807, 2.05) is 48.4 Å². The third kappa shape index (κ3) is 5.83. The Bertz CT molecular complexity index is 1180. The number of hydrogen-bond donors (Lipinski definition) is 1. The fourth-order valence-electron chi connectivity index (χ4n) is 4.80. The number of ether oxygens (including phenoxy) is 2. The van der Waals surface area contributed by atoms with E-state index in [1.54, 1.807) is 19.1 Å². The first-order chi connectivity index (χ1) is 17.5. The maximum Gasteiger partial charge on any atom is 0.242 e. The molecule has 3 aromatic rings. The lowest BCUT2D eigenvalue weighted by molar-refractivity contribution is -0.145. The highest BCUT2D eigenvalue weighted by molar-refractivity contribution is 5.86. The van der Waals surface area contributed by atoms with Gasteiger partial charge in [-0.15, -0.1) is 0 Å². The summed E-state index contributed by atoms with van der Waals surface area (Å²) in [6, 6.07) is 13.9. The molecule has 1 fully saturated rings. The summed E-state index contributed by atoms with van der Waals surface area (Å²) >= 11 is 0. The average molecular weight is 492 g/mol. The van der Waals surface area contributed by atoms with Gasteiger partial charge in [0.2, 0.25) is 11.8 Å². The molecule has 7 heteroatoms. The van der Waals surface area contributed by atoms with Crippen LogP contribution >= 0.6 is 0 Å². The van der Waals surface area contributed by atoms with Crippen molar-refractivity contribution in [3.05, 3.63) is 59.8 Å². The number of nitrogens with one attached hydrogen (secondary N) is 1. The van der Waals surface area contributed by atoms with Gasteiger partial charge in [-0.3, -0.25) is 9.59 Å². The van der Waals surface area contributed by atoms with Crippen molar-refractivity contribution in [3.8, 4) is 11.5 Å². The predicted molar refractivity (Wildman–Crippen MR) is 141 cm³/mol. The van der Waals surface area contributed by atoms with Crippen LogP contribution in [-0.4, -0.2) is 60.5 Å². The molecule has 0 spiro atoms. The summed E-state index contributed by atoms with van der Waals surface area (Å²) in [7, 11) is 3.21. The molecule has 36 heavy (non-hydrogen) atoms. The zero-order valence-corrected chi connectivity index (χ0v) is 21.6. The largest absolute Gasteiger partial charge is 0.493 e. The summed E-state index contributed by atoms with van der Waals surface area (Å²) in [5, 5.41) is 1.17. The van der Waals surface area contributed by atoms with Crippen LogP contribution in [0.15, 0.2) is 48.7 Å². The molecule has 0 saturated heterocycles. The van der Waals surface area contributed by atoms with E-state index in [0.29, 0.717) is 37.6 Å². The number of amides is 2. The first-order valence-electron chi connectivity index (χ1n) is 12.9. The summed E-state index contributed by atoms with van der Waals surface area (Å²) in [5.74, 6) is 1.45. The number of para-hydroxylation sites is 1. The fourth-order valence-corrected chi connectivity index (χ4v) is 4.80. The van der Waals surface area contributed by atoms with Crippen LogP contribution in [0.2, 0.25) is 0 Å². The van der Waals surface area contributed by atoms with Crippen molar-refractivity contribution in [1.29, 1.82) is 0 Å². The van der Waals surface area contributed by atoms with Gasteiger partial charge in [-0.1, -0.05) is 37.6 Å². The highest BCUT2D eigenvalue weighted by Crippen LogP contribution is 2.29. The molecule has 1 aliphatic rings. The van der Waals surface area contributed by atoms with E-state index >= 15 is 0 Å². The van der Waals surface area contributed by atoms with Crippen molar-refractivity contribution in [2.24, 2.45) is 5.92 Å². The highest BCUT2D eigenvalue weighted by Gasteiger charge is 2.31. The summed E-state index contributed by atoms with van der Waals surface area (Å²) in [5.41, 5.74) is 3.21. The lowest BCUT2D eigenvalue weighted by atomic mass is 9.84. The van der Waals surface area contributed by atoms with Gasteiger partial charge in [0.05, 0.1) is 20.8 Å². The number of aromatic amines is 1. The highest BCUT2D eigenvalue weighted by atomic mass is 16.5. The van der Waals surface area contributed by atoms with Crippen molar-refractivity contribution < 1.29 is 19.1 Å². The van der Waals surface area contributed by atoms with Gasteiger partial charge in [0.25, 0.3) is 0 Å². The Kier molecular flexibility index (Phi) is 8.52. The smallest absolute Gasteiger partial charge is 0.242 e. The number of rotatable bonds is 12. The number of benzene rings is 2. The minimum Gasteiger partial charge on any atom is -0.493 e. The molecule has 2 amide bonds. The van der Waals surface area contributed by atoms with E-state index in [4.69, 9.17) is 9.47 Å². The zero-order chi connectivity index (χ0) is 25.5. The third-order valence-corrected chi connectivity index (χ3v) is 7.09. The molecule has 1 N–H and O–H groups in total. The first-order valence-corrected chi connectivity index (χ1v) is 12.9. The molecule has 0 radical (unpaired) electrons. The van der Waals surface area contributed by atoms with Gasteiger partial charge in [-0.2, -0.15) is 0 Å². The van der Waals surface area contributed by atoms with E-state index in [-0.39, 0.29) is 24.3 Å². The SMILES string of the molecule is CCCN(CC(=O)N(CCc1c[nH]c2ccccc12)Cc1ccc(OC)c(OC)c1)C(=O)C1CCC1. The Labute approximate surface area is 213 Å². The molecule has 0 aliphatic heterocycles. The summed E-state index contributed by atoms with van der Waals surface area (Å²) < 4.78 is 10.8. The maximum atomic E-state index is 13.6. The predicted octanol–water partition coefficient (Wildman–Crippen LogP) is 4.80. The van der Waals surface area contributed by atoms with Gasteiger partial charge in [-0.05, 0) is 55.0 Å². The minimum absolute atomic E-state index is 0.0363. The second-order valence-corrected chi connectivity index (χ2v) is 9.50. The average Bonchev–Trinajstić information content (AvgIpc) is 3.28. The first kappa shape index (κ1) is 25.6. The number of methoxy groups -OCH3 is 2. The number of aromatic nitrogens is 1. The van der Waals surface area contributed by atoms with Gasteiger partial charge < -0.3 is 24.3 Å². The molecule has 1 heterocycles. The van der Waals surface area contributed by atoms with E-state index in [9.17, 15) is 9.59 Å². The van der Waals surface area contributed by atoms with E-state index < -0.39 is 0 Å². The van der Waals surface area contributed by atoms with E-state index in [1.165, 1.54) is 10.9 Å². The monoisotopic (exact) mass is 491 g/mol. The molecule has 0 bridgehead atoms. The third-order valence-electron chi connectivity index (χ3n) is 7.09. The summed E-state index contributed by atoms with van der Waals surface area (Å²) in [6.07, 6.45) is 6.53. The van der Waals surface area contributed by atoms with Crippen LogP contribution < -0.4 is 9.47 Å². The number of H-pyrrole nitrogens is 1. The molecule has 192 valence electrons. The normalized spacial score (nSPS) is 13.3. The number of hydrogen-bond acceptors (Lipinski definition) is 4. The second-order valence-electron chi connectivity index (χ2n) is 9.50. The Hall–Kier alpha value is -3.48. The van der Waals surface area contributed by atoms with Crippen LogP contribution in [0, 0.1) is 5.92 Å². The Balaban J connectivity index is 1.54. The van der Waals surface area contributed by atoms with Crippen LogP contribution in [0.4, 0.5) is 0 Å². The summed E-state index contributed by atoms with van der Waals surface area (Å²) in [6.45, 7) is 3.74. The second kappa shape index (κ2) is 12.0. The van der Waals surface area contributed by atoms with E-state index in [2.05, 4.69) is 17.1 Å². The van der Waals surface area contributed by atoms with Crippen molar-refractivity contribution in [2.45, 2.75) is 45.6 Å². The van der Waals surface area contributed by atoms with Gasteiger partial charge in [0.15, 0.2) is 11.5 Å². The number of fused-ring (bicyclic) bond motifs is 1. The summed E-state index contributed by atoms with van der Waals surface area (Å²) in [4.78, 5) is 33.6. The standard InChI is InChI=1S/C29H37N3O4/c1-4-15-32(29(34)22-8-7-9-22)20-28(33)31(19-21-12-13-26(35-2)27(17-21)36-3)16-14-23-18-30-25-11-6-5-10-24(23)25/h5-6,10-13,17-18,22,30H,4,7-9,14-16,19-20H2,1-3H3. The molecule has 2 aromatic carbocycles. The van der Waals surface area contributed by atoms with Gasteiger partial charge in [0.1, 0.15) is 0 Å². The molecular weight excluding hydrogens is 454 g/mol. The van der Waals surface area contributed by atoms with E-state index in [0.717, 1.165) is 36.8 Å². The number of carbonyl (C=O) groups excluding carboxylic acids is 2. The number of carbonyl (C=O) groups is 2. The Morgan fingerprint density at radius 1 is 1.00 bits per heavy atom. The molecule has 0 atom stereocenters. The van der Waals surface area contributed by atoms with Crippen LogP contribution in [0.1, 0.15) is 43.7 Å². The van der Waals surface area contributed by atoms with Crippen molar-refractivity contribution >= 4 is 22.7 Å². The Morgan fingerprint density at radius 2 is 1.78 bits per heavy atom. The molecule has 1 saturated carbocycles. The van der Waals surface area contributed by atoms with Crippen LogP contribution in [0.5, 0.6) is 11.5 Å². The van der Waals surface area contributed by atoms with Crippen molar-refractivity contribution in [3.63, 3.8) is 0 Å². The molecule has 1 aromatic heterocycles. The minimum atomic E-state index is -0.0363. The topological polar surface area (TPSA) is 74.9 Å². The van der Waals surface area contributed by atoms with Gasteiger partial charge in [0, 0.05) is 42.7 Å². The lowest BCUT2D eigenvalue weighted by Gasteiger charge is -2.33. The van der Waals surface area contributed by atoms with Crippen LogP contribution in [-0.2, 0) is 22.6 Å². The van der Waals surface area contributed by atoms with Crippen molar-refractivity contribution in [2.75, 3.05) is 33.9 Å². The Morgan fingerprint density at radius 3 is 2.47 bits per heavy atom. The number of nitrogens with zero attached hydrogens (tertiary/aromatic N) is 2. The molecule has 1 aliphatic carbocycles. The quantitative estimate of drug-likeness (QED) is 0.395. The van der Waals surface area contributed by atoms with Gasteiger partial charge >= 0.3 is 0 Å². The molecule has 4 rings (SSSR count). The lowest BCUT2D eigenvalue weighted by Crippen LogP contribution is -2.46. The fraction of sp³-hybridized carbons (Fsp3) is 0.448. The van der Waals surface area contributed by atoms with Crippen LogP contribution in [0.3, 0.4) is 0 Å².